The second-order valence-corrected chi connectivity index (χ2v) is 31.9. The molecule has 4 heteroatoms. The van der Waals surface area contributed by atoms with E-state index in [1.165, 1.54) is 44.5 Å². The first-order valence-electron chi connectivity index (χ1n) is 12.0. The van der Waals surface area contributed by atoms with Crippen LogP contribution >= 0.6 is 17.0 Å². The zero-order chi connectivity index (χ0) is 25.3. The van der Waals surface area contributed by atoms with Gasteiger partial charge < -0.3 is 0 Å². The van der Waals surface area contributed by atoms with Crippen LogP contribution in [0.15, 0.2) is 97.1 Å². The first-order valence-corrected chi connectivity index (χ1v) is 24.5. The van der Waals surface area contributed by atoms with E-state index in [1.54, 1.807) is 0 Å². The molecule has 36 heavy (non-hydrogen) atoms. The molecule has 4 aromatic rings. The first kappa shape index (κ1) is 27.1. The van der Waals surface area contributed by atoms with Crippen molar-refractivity contribution < 1.29 is 18.0 Å². The van der Waals surface area contributed by atoms with Gasteiger partial charge in [0.25, 0.3) is 0 Å². The van der Waals surface area contributed by atoms with Crippen LogP contribution < -0.4 is 0 Å². The SMILES string of the molecule is C[Si](C)=[Zr]([Cl])[Cl].[c-]1cccc2c1C=C(c1ccccc1)C2.[c-]1cccc2c1C=C(c1ccccc1)C2. The van der Waals surface area contributed by atoms with Gasteiger partial charge in [-0.15, -0.1) is 82.9 Å². The van der Waals surface area contributed by atoms with Crippen LogP contribution in [0.4, 0.5) is 0 Å². The number of hydrogen-bond donors (Lipinski definition) is 0. The van der Waals surface area contributed by atoms with Crippen LogP contribution in [0.2, 0.25) is 13.1 Å². The number of benzene rings is 4. The van der Waals surface area contributed by atoms with Crippen LogP contribution in [0.3, 0.4) is 0 Å². The normalized spacial score (nSPS) is 12.6. The molecule has 0 amide bonds. The van der Waals surface area contributed by atoms with Crippen molar-refractivity contribution in [2.45, 2.75) is 25.9 Å². The van der Waals surface area contributed by atoms with Crippen molar-refractivity contribution in [1.29, 1.82) is 0 Å². The molecular weight excluding hydrogens is 575 g/mol. The zero-order valence-corrected chi connectivity index (χ0v) is 25.5. The van der Waals surface area contributed by atoms with Gasteiger partial charge in [0.2, 0.25) is 0 Å². The molecule has 4 aromatic carbocycles. The third-order valence-electron chi connectivity index (χ3n) is 6.02. The van der Waals surface area contributed by atoms with Gasteiger partial charge in [0.1, 0.15) is 0 Å². The zero-order valence-electron chi connectivity index (χ0n) is 20.6. The average molecular weight is 603 g/mol. The van der Waals surface area contributed by atoms with E-state index < -0.39 is 18.0 Å². The third kappa shape index (κ3) is 7.53. The minimum absolute atomic E-state index is 0.224. The quantitative estimate of drug-likeness (QED) is 0.158. The summed E-state index contributed by atoms with van der Waals surface area (Å²) in [5, 5.41) is 0. The fourth-order valence-corrected chi connectivity index (χ4v) is 4.08. The van der Waals surface area contributed by atoms with Crippen LogP contribution in [0.1, 0.15) is 33.4 Å². The molecule has 0 saturated carbocycles. The smallest absolute Gasteiger partial charge is 0.0321 e. The van der Waals surface area contributed by atoms with Gasteiger partial charge in [-0.05, 0) is 24.0 Å². The van der Waals surface area contributed by atoms with Gasteiger partial charge in [0.05, 0.1) is 0 Å². The molecule has 0 saturated heterocycles. The molecule has 0 aliphatic heterocycles. The monoisotopic (exact) mass is 600 g/mol. The minimum atomic E-state index is -1.65. The van der Waals surface area contributed by atoms with E-state index >= 15 is 0 Å². The molecule has 0 nitrogen and oxygen atoms in total. The van der Waals surface area contributed by atoms with Crippen molar-refractivity contribution in [3.63, 3.8) is 0 Å². The minimum Gasteiger partial charge on any atom is -0.147 e. The summed E-state index contributed by atoms with van der Waals surface area (Å²) in [6, 6.07) is 40.1. The molecule has 6 rings (SSSR count). The van der Waals surface area contributed by atoms with Crippen molar-refractivity contribution in [3.05, 3.63) is 143 Å². The van der Waals surface area contributed by atoms with E-state index in [4.69, 9.17) is 17.0 Å². The summed E-state index contributed by atoms with van der Waals surface area (Å²) in [4.78, 5) is 0. The molecule has 0 fully saturated rings. The molecule has 0 radical (unpaired) electrons. The van der Waals surface area contributed by atoms with Gasteiger partial charge in [0.15, 0.2) is 0 Å². The molecule has 0 atom stereocenters. The second kappa shape index (κ2) is 13.5. The summed E-state index contributed by atoms with van der Waals surface area (Å²) < 4.78 is 0. The molecule has 0 heterocycles. The van der Waals surface area contributed by atoms with Gasteiger partial charge >= 0.3 is 53.5 Å². The number of allylic oxidation sites excluding steroid dienone is 2. The van der Waals surface area contributed by atoms with Crippen LogP contribution in [0.5, 0.6) is 0 Å². The Balaban J connectivity index is 0.000000139. The van der Waals surface area contributed by atoms with Gasteiger partial charge in [0, 0.05) is 0 Å². The molecule has 180 valence electrons. The van der Waals surface area contributed by atoms with E-state index in [0.29, 0.717) is 0 Å². The molecule has 2 aliphatic carbocycles. The van der Waals surface area contributed by atoms with E-state index in [9.17, 15) is 0 Å². The number of rotatable bonds is 2. The predicted octanol–water partition coefficient (Wildman–Crippen LogP) is 9.33. The Hall–Kier alpha value is -1.96. The van der Waals surface area contributed by atoms with Crippen molar-refractivity contribution in [2.75, 3.05) is 0 Å². The Morgan fingerprint density at radius 1 is 0.611 bits per heavy atom. The van der Waals surface area contributed by atoms with Crippen molar-refractivity contribution in [3.8, 4) is 0 Å². The molecule has 0 bridgehead atoms. The van der Waals surface area contributed by atoms with Gasteiger partial charge in [-0.1, -0.05) is 71.8 Å². The van der Waals surface area contributed by atoms with E-state index in [1.807, 2.05) is 12.1 Å². The van der Waals surface area contributed by atoms with Crippen molar-refractivity contribution >= 4 is 45.8 Å². The Labute approximate surface area is 230 Å². The third-order valence-corrected chi connectivity index (χ3v) is 25.8. The summed E-state index contributed by atoms with van der Waals surface area (Å²) in [6.07, 6.45) is 6.56. The molecule has 0 spiro atoms. The van der Waals surface area contributed by atoms with Crippen LogP contribution in [-0.4, -0.2) is 5.43 Å². The fourth-order valence-electron chi connectivity index (χ4n) is 4.08. The molecule has 2 aliphatic rings. The molecule has 0 N–H and O–H groups in total. The Bertz CT molecular complexity index is 1290. The van der Waals surface area contributed by atoms with Crippen molar-refractivity contribution in [2.24, 2.45) is 0 Å². The van der Waals surface area contributed by atoms with Crippen LogP contribution in [0.25, 0.3) is 23.3 Å². The Morgan fingerprint density at radius 3 is 1.33 bits per heavy atom. The summed E-state index contributed by atoms with van der Waals surface area (Å²) >= 11 is -1.65. The summed E-state index contributed by atoms with van der Waals surface area (Å²) in [6.45, 7) is 4.33. The van der Waals surface area contributed by atoms with E-state index in [-0.39, 0.29) is 5.43 Å². The molecule has 0 aromatic heterocycles. The number of hydrogen-bond acceptors (Lipinski definition) is 0. The largest absolute Gasteiger partial charge is 0.147 e. The van der Waals surface area contributed by atoms with Gasteiger partial charge in [-0.25, -0.2) is 0 Å². The Kier molecular flexibility index (Phi) is 10.2. The first-order chi connectivity index (χ1) is 17.5. The summed E-state index contributed by atoms with van der Waals surface area (Å²) in [5.41, 5.74) is 10.5. The van der Waals surface area contributed by atoms with E-state index in [2.05, 4.69) is 122 Å². The molecule has 0 unspecified atom stereocenters. The van der Waals surface area contributed by atoms with Gasteiger partial charge in [-0.2, -0.15) is 0 Å². The Morgan fingerprint density at radius 2 is 1.00 bits per heavy atom. The molecular formula is C32H28Cl2SiZr-2. The fraction of sp³-hybridized carbons (Fsp3) is 0.125. The van der Waals surface area contributed by atoms with E-state index in [0.717, 1.165) is 12.8 Å². The summed E-state index contributed by atoms with van der Waals surface area (Å²) in [5.74, 6) is 0. The summed E-state index contributed by atoms with van der Waals surface area (Å²) in [7, 11) is 11.2. The topological polar surface area (TPSA) is 0 Å². The van der Waals surface area contributed by atoms with Crippen molar-refractivity contribution in [1.82, 2.24) is 0 Å². The second-order valence-electron chi connectivity index (χ2n) is 8.90. The number of halogens is 2. The average Bonchev–Trinajstić information content (AvgIpc) is 3.55. The van der Waals surface area contributed by atoms with Crippen LogP contribution in [0, 0.1) is 12.1 Å². The maximum Gasteiger partial charge on any atom is -0.0321 e. The predicted molar refractivity (Wildman–Crippen MR) is 156 cm³/mol. The van der Waals surface area contributed by atoms with Crippen LogP contribution in [-0.2, 0) is 30.8 Å². The standard InChI is InChI=1S/2C15H11.C2H6Si.2ClH.Zr/c2*1-2-6-12(7-3-1)15-10-13-8-4-5-9-14(13)11-15;1-3-2;;;/h2*1-8,11H,10H2;1-2H3;2*1H;/q2*-1;;;;+2/p-2. The van der Waals surface area contributed by atoms with Gasteiger partial charge in [-0.3, -0.25) is 0 Å². The maximum absolute atomic E-state index is 5.62. The number of fused-ring (bicyclic) bond motifs is 2. The maximum atomic E-state index is 5.62.